The molecular formula is C21H33NO4S. The number of rotatable bonds is 10. The molecule has 0 aromatic rings. The molecule has 2 amide bonds. The van der Waals surface area contributed by atoms with Crippen molar-refractivity contribution < 1.29 is 19.2 Å². The van der Waals surface area contributed by atoms with Crippen LogP contribution in [0.25, 0.3) is 0 Å². The SMILES string of the molecule is CCCCCCC(=O)C1C(=O)C(CCSC)N(C(=O)C2CCCCC2)C1=O. The van der Waals surface area contributed by atoms with Gasteiger partial charge in [-0.05, 0) is 37.7 Å². The normalized spacial score (nSPS) is 23.9. The number of ketones is 2. The maximum atomic E-state index is 13.0. The van der Waals surface area contributed by atoms with Crippen LogP contribution in [0, 0.1) is 11.8 Å². The van der Waals surface area contributed by atoms with Gasteiger partial charge in [-0.3, -0.25) is 24.1 Å². The molecule has 5 nitrogen and oxygen atoms in total. The second kappa shape index (κ2) is 11.0. The molecule has 2 aliphatic rings. The van der Waals surface area contributed by atoms with E-state index >= 15 is 0 Å². The van der Waals surface area contributed by atoms with Crippen LogP contribution in [0.5, 0.6) is 0 Å². The van der Waals surface area contributed by atoms with Gasteiger partial charge in [-0.2, -0.15) is 11.8 Å². The molecule has 1 saturated heterocycles. The molecule has 1 saturated carbocycles. The molecule has 6 heteroatoms. The second-order valence-electron chi connectivity index (χ2n) is 7.79. The average molecular weight is 396 g/mol. The van der Waals surface area contributed by atoms with Crippen molar-refractivity contribution in [2.45, 2.75) is 83.6 Å². The van der Waals surface area contributed by atoms with Crippen molar-refractivity contribution in [1.29, 1.82) is 0 Å². The zero-order valence-corrected chi connectivity index (χ0v) is 17.5. The summed E-state index contributed by atoms with van der Waals surface area (Å²) in [5, 5.41) is 0. The number of thioether (sulfide) groups is 1. The molecule has 1 heterocycles. The Labute approximate surface area is 167 Å². The lowest BCUT2D eigenvalue weighted by atomic mass is 9.88. The van der Waals surface area contributed by atoms with Crippen LogP contribution in [0.15, 0.2) is 0 Å². The molecule has 2 unspecified atom stereocenters. The van der Waals surface area contributed by atoms with E-state index in [4.69, 9.17) is 0 Å². The summed E-state index contributed by atoms with van der Waals surface area (Å²) in [6.45, 7) is 2.09. The van der Waals surface area contributed by atoms with E-state index in [0.29, 0.717) is 18.6 Å². The molecule has 2 fully saturated rings. The Balaban J connectivity index is 2.12. The van der Waals surface area contributed by atoms with E-state index in [1.165, 1.54) is 4.90 Å². The first-order valence-corrected chi connectivity index (χ1v) is 11.8. The van der Waals surface area contributed by atoms with Gasteiger partial charge in [0.05, 0.1) is 0 Å². The monoisotopic (exact) mass is 395 g/mol. The summed E-state index contributed by atoms with van der Waals surface area (Å²) >= 11 is 1.58. The van der Waals surface area contributed by atoms with E-state index in [2.05, 4.69) is 6.92 Å². The van der Waals surface area contributed by atoms with Gasteiger partial charge < -0.3 is 0 Å². The highest BCUT2D eigenvalue weighted by atomic mass is 32.2. The first-order chi connectivity index (χ1) is 13.0. The molecule has 1 aliphatic heterocycles. The summed E-state index contributed by atoms with van der Waals surface area (Å²) in [6.07, 6.45) is 11.0. The van der Waals surface area contributed by atoms with Crippen molar-refractivity contribution in [3.63, 3.8) is 0 Å². The predicted molar refractivity (Wildman–Crippen MR) is 107 cm³/mol. The number of hydrogen-bond donors (Lipinski definition) is 0. The number of unbranched alkanes of at least 4 members (excludes halogenated alkanes) is 3. The highest BCUT2D eigenvalue weighted by Crippen LogP contribution is 2.32. The number of carbonyl (C=O) groups is 4. The van der Waals surface area contributed by atoms with Crippen molar-refractivity contribution in [1.82, 2.24) is 4.90 Å². The largest absolute Gasteiger partial charge is 0.298 e. The quantitative estimate of drug-likeness (QED) is 0.320. The molecule has 1 aliphatic carbocycles. The number of nitrogens with zero attached hydrogens (tertiary/aromatic N) is 1. The molecule has 0 radical (unpaired) electrons. The average Bonchev–Trinajstić information content (AvgIpc) is 2.93. The molecular weight excluding hydrogens is 362 g/mol. The number of imide groups is 1. The lowest BCUT2D eigenvalue weighted by Gasteiger charge is -2.28. The van der Waals surface area contributed by atoms with Gasteiger partial charge in [-0.15, -0.1) is 0 Å². The minimum absolute atomic E-state index is 0.175. The number of Topliss-reactive ketones (excluding diaryl/α,β-unsaturated/α-hetero) is 2. The van der Waals surface area contributed by atoms with Crippen LogP contribution < -0.4 is 0 Å². The van der Waals surface area contributed by atoms with Gasteiger partial charge in [0.15, 0.2) is 17.5 Å². The van der Waals surface area contributed by atoms with E-state index in [1.54, 1.807) is 11.8 Å². The molecule has 0 spiro atoms. The Morgan fingerprint density at radius 3 is 2.41 bits per heavy atom. The maximum Gasteiger partial charge on any atom is 0.248 e. The molecule has 2 rings (SSSR count). The fourth-order valence-corrected chi connectivity index (χ4v) is 4.67. The number of hydrogen-bond acceptors (Lipinski definition) is 5. The van der Waals surface area contributed by atoms with Crippen molar-refractivity contribution in [2.75, 3.05) is 12.0 Å². The Morgan fingerprint density at radius 1 is 1.07 bits per heavy atom. The molecule has 0 aromatic heterocycles. The zero-order valence-electron chi connectivity index (χ0n) is 16.7. The van der Waals surface area contributed by atoms with Crippen LogP contribution in [0.3, 0.4) is 0 Å². The maximum absolute atomic E-state index is 13.0. The summed E-state index contributed by atoms with van der Waals surface area (Å²) in [5.74, 6) is -2.15. The van der Waals surface area contributed by atoms with Crippen molar-refractivity contribution >= 4 is 35.1 Å². The molecule has 152 valence electrons. The third-order valence-electron chi connectivity index (χ3n) is 5.79. The van der Waals surface area contributed by atoms with Crippen LogP contribution in [-0.2, 0) is 19.2 Å². The van der Waals surface area contributed by atoms with Crippen LogP contribution in [0.4, 0.5) is 0 Å². The minimum Gasteiger partial charge on any atom is -0.298 e. The van der Waals surface area contributed by atoms with Crippen molar-refractivity contribution in [3.8, 4) is 0 Å². The van der Waals surface area contributed by atoms with E-state index < -0.39 is 17.9 Å². The van der Waals surface area contributed by atoms with Gasteiger partial charge in [-0.25, -0.2) is 0 Å². The Morgan fingerprint density at radius 2 is 1.78 bits per heavy atom. The van der Waals surface area contributed by atoms with E-state index in [-0.39, 0.29) is 29.8 Å². The topological polar surface area (TPSA) is 71.5 Å². The second-order valence-corrected chi connectivity index (χ2v) is 8.78. The molecule has 0 aromatic carbocycles. The van der Waals surface area contributed by atoms with Gasteiger partial charge in [-0.1, -0.05) is 45.4 Å². The summed E-state index contributed by atoms with van der Waals surface area (Å²) in [5.41, 5.74) is 0. The van der Waals surface area contributed by atoms with Crippen molar-refractivity contribution in [3.05, 3.63) is 0 Å². The fourth-order valence-electron chi connectivity index (χ4n) is 4.21. The van der Waals surface area contributed by atoms with Gasteiger partial charge in [0.25, 0.3) is 0 Å². The molecule has 27 heavy (non-hydrogen) atoms. The Kier molecular flexibility index (Phi) is 9.00. The van der Waals surface area contributed by atoms with Crippen LogP contribution in [0.1, 0.15) is 77.6 Å². The highest BCUT2D eigenvalue weighted by molar-refractivity contribution is 7.98. The number of amides is 2. The highest BCUT2D eigenvalue weighted by Gasteiger charge is 2.53. The molecule has 0 bridgehead atoms. The Bertz CT molecular complexity index is 556. The minimum atomic E-state index is -1.24. The third-order valence-corrected chi connectivity index (χ3v) is 6.44. The van der Waals surface area contributed by atoms with Crippen molar-refractivity contribution in [2.24, 2.45) is 11.8 Å². The first-order valence-electron chi connectivity index (χ1n) is 10.4. The number of carbonyl (C=O) groups excluding carboxylic acids is 4. The zero-order chi connectivity index (χ0) is 19.8. The van der Waals surface area contributed by atoms with Gasteiger partial charge in [0, 0.05) is 12.3 Å². The standard InChI is InChI=1S/C21H33NO4S/c1-3-4-5-9-12-17(23)18-19(24)16(13-14-27-2)22(21(18)26)20(25)15-10-7-6-8-11-15/h15-16,18H,3-14H2,1-2H3. The fraction of sp³-hybridized carbons (Fsp3) is 0.810. The van der Waals surface area contributed by atoms with Gasteiger partial charge >= 0.3 is 0 Å². The summed E-state index contributed by atoms with van der Waals surface area (Å²) < 4.78 is 0. The third kappa shape index (κ3) is 5.43. The van der Waals surface area contributed by atoms with E-state index in [9.17, 15) is 19.2 Å². The summed E-state index contributed by atoms with van der Waals surface area (Å²) in [7, 11) is 0. The van der Waals surface area contributed by atoms with Crippen LogP contribution >= 0.6 is 11.8 Å². The Hall–Kier alpha value is -1.17. The summed E-state index contributed by atoms with van der Waals surface area (Å²) in [6, 6.07) is -0.746. The van der Waals surface area contributed by atoms with Crippen LogP contribution in [0.2, 0.25) is 0 Å². The van der Waals surface area contributed by atoms with Crippen LogP contribution in [-0.4, -0.2) is 46.3 Å². The smallest absolute Gasteiger partial charge is 0.248 e. The first kappa shape index (κ1) is 22.1. The van der Waals surface area contributed by atoms with Gasteiger partial charge in [0.1, 0.15) is 6.04 Å². The van der Waals surface area contributed by atoms with E-state index in [1.807, 2.05) is 6.26 Å². The molecule has 0 N–H and O–H groups in total. The van der Waals surface area contributed by atoms with E-state index in [0.717, 1.165) is 51.4 Å². The van der Waals surface area contributed by atoms with Gasteiger partial charge in [0.2, 0.25) is 11.8 Å². The summed E-state index contributed by atoms with van der Waals surface area (Å²) in [4.78, 5) is 52.7. The lowest BCUT2D eigenvalue weighted by molar-refractivity contribution is -0.149. The lowest BCUT2D eigenvalue weighted by Crippen LogP contribution is -2.44. The number of likely N-dealkylation sites (tertiary alicyclic amines) is 1. The molecule has 2 atom stereocenters. The predicted octanol–water partition coefficient (Wildman–Crippen LogP) is 3.78.